The Labute approximate surface area is 180 Å². The lowest BCUT2D eigenvalue weighted by molar-refractivity contribution is -0.177. The summed E-state index contributed by atoms with van der Waals surface area (Å²) in [6.45, 7) is 22.1. The van der Waals surface area contributed by atoms with Crippen molar-refractivity contribution in [2.75, 3.05) is 0 Å². The summed E-state index contributed by atoms with van der Waals surface area (Å²) >= 11 is 0. The van der Waals surface area contributed by atoms with Crippen molar-refractivity contribution < 1.29 is 19.1 Å². The number of aliphatic hydroxyl groups is 1. The fourth-order valence-corrected chi connectivity index (χ4v) is 5.23. The number of carbonyl (C=O) groups excluding carboxylic acids is 1. The molecule has 1 aliphatic rings. The smallest absolute Gasteiger partial charge is 0.304 e. The molecule has 1 aliphatic carbocycles. The highest BCUT2D eigenvalue weighted by atomic mass is 28.4. The van der Waals surface area contributed by atoms with Crippen LogP contribution < -0.4 is 0 Å². The normalized spacial score (nSPS) is 21.5. The van der Waals surface area contributed by atoms with Crippen LogP contribution in [0.15, 0.2) is 0 Å². The van der Waals surface area contributed by atoms with Crippen molar-refractivity contribution in [3.63, 3.8) is 0 Å². The summed E-state index contributed by atoms with van der Waals surface area (Å²) in [5.41, 5.74) is -0.00449. The third-order valence-electron chi connectivity index (χ3n) is 6.56. The molecule has 0 bridgehead atoms. The lowest BCUT2D eigenvalue weighted by Crippen LogP contribution is -2.61. The largest absolute Gasteiger partial charge is 0.446 e. The predicted octanol–water partition coefficient (Wildman–Crippen LogP) is 4.74. The Kier molecular flexibility index (Phi) is 7.07. The maximum absolute atomic E-state index is 11.9. The van der Waals surface area contributed by atoms with Crippen molar-refractivity contribution >= 4 is 22.4 Å². The Morgan fingerprint density at radius 1 is 1.10 bits per heavy atom. The summed E-state index contributed by atoms with van der Waals surface area (Å²) in [5.74, 6) is 5.49. The quantitative estimate of drug-likeness (QED) is 0.371. The van der Waals surface area contributed by atoms with E-state index in [0.29, 0.717) is 12.8 Å². The van der Waals surface area contributed by atoms with E-state index in [9.17, 15) is 9.90 Å². The van der Waals surface area contributed by atoms with Crippen molar-refractivity contribution in [2.24, 2.45) is 5.41 Å². The zero-order chi connectivity index (χ0) is 23.1. The second-order valence-corrected chi connectivity index (χ2v) is 20.8. The molecule has 0 aromatic rings. The second-order valence-electron chi connectivity index (χ2n) is 11.3. The minimum absolute atomic E-state index is 0.0375. The number of rotatable bonds is 6. The number of terminal acetylenes is 1. The Morgan fingerprint density at radius 2 is 1.59 bits per heavy atom. The van der Waals surface area contributed by atoms with E-state index in [4.69, 9.17) is 15.6 Å². The lowest BCUT2D eigenvalue weighted by Gasteiger charge is -2.48. The minimum atomic E-state index is -2.23. The summed E-state index contributed by atoms with van der Waals surface area (Å²) in [4.78, 5) is 11.8. The van der Waals surface area contributed by atoms with E-state index in [0.717, 1.165) is 0 Å². The van der Waals surface area contributed by atoms with Crippen LogP contribution >= 0.6 is 0 Å². The summed E-state index contributed by atoms with van der Waals surface area (Å²) in [6, 6.07) is 0. The van der Waals surface area contributed by atoms with E-state index in [1.54, 1.807) is 13.8 Å². The molecule has 4 nitrogen and oxygen atoms in total. The zero-order valence-corrected chi connectivity index (χ0v) is 22.2. The van der Waals surface area contributed by atoms with Crippen LogP contribution in [0.25, 0.3) is 0 Å². The van der Waals surface area contributed by atoms with Gasteiger partial charge in [-0.05, 0) is 44.8 Å². The Balaban J connectivity index is 3.52. The molecule has 0 aromatic heterocycles. The molecule has 1 saturated carbocycles. The molecule has 0 aromatic carbocycles. The molecule has 0 radical (unpaired) electrons. The maximum atomic E-state index is 11.9. The average Bonchev–Trinajstić information content (AvgIpc) is 3.30. The number of esters is 1. The van der Waals surface area contributed by atoms with Crippen LogP contribution in [-0.4, -0.2) is 44.8 Å². The molecule has 1 fully saturated rings. The van der Waals surface area contributed by atoms with Crippen LogP contribution in [0, 0.1) is 29.2 Å². The molecule has 1 rings (SSSR count). The molecule has 0 amide bonds. The molecular formula is C23H40O4Si2. The van der Waals surface area contributed by atoms with Gasteiger partial charge in [-0.15, -0.1) is 12.0 Å². The van der Waals surface area contributed by atoms with Crippen molar-refractivity contribution in [3.05, 3.63) is 0 Å². The first kappa shape index (κ1) is 26.0. The van der Waals surface area contributed by atoms with Crippen molar-refractivity contribution in [3.8, 4) is 23.8 Å². The Morgan fingerprint density at radius 3 is 1.90 bits per heavy atom. The van der Waals surface area contributed by atoms with Gasteiger partial charge in [-0.2, -0.15) is 0 Å². The Bertz CT molecular complexity index is 734. The molecule has 0 saturated heterocycles. The standard InChI is InChI=1S/C23H40O4Si2/c1-13-21(6,26-18(2)24)23(15-16-23)22(7,25)19(14-17-28(8,9)10)27-29(11,12)20(3,4)5/h1,19,25H,15-16H2,2-12H3. The summed E-state index contributed by atoms with van der Waals surface area (Å²) in [5, 5.41) is 11.9. The number of ether oxygens (including phenoxy) is 1. The van der Waals surface area contributed by atoms with E-state index in [1.807, 2.05) is 0 Å². The Hall–Kier alpha value is -1.06. The number of carbonyl (C=O) groups is 1. The van der Waals surface area contributed by atoms with Gasteiger partial charge in [0.15, 0.2) is 13.9 Å². The van der Waals surface area contributed by atoms with Gasteiger partial charge in [0, 0.05) is 6.92 Å². The van der Waals surface area contributed by atoms with Crippen LogP contribution in [0.5, 0.6) is 0 Å². The van der Waals surface area contributed by atoms with Crippen LogP contribution in [-0.2, 0) is 14.0 Å². The highest BCUT2D eigenvalue weighted by Crippen LogP contribution is 2.63. The summed E-state index contributed by atoms with van der Waals surface area (Å²) in [6.07, 6.45) is 6.42. The number of hydrogen-bond donors (Lipinski definition) is 1. The van der Waals surface area contributed by atoms with Crippen LogP contribution in [0.3, 0.4) is 0 Å². The zero-order valence-electron chi connectivity index (χ0n) is 20.2. The summed E-state index contributed by atoms with van der Waals surface area (Å²) < 4.78 is 12.2. The minimum Gasteiger partial charge on any atom is -0.446 e. The third-order valence-corrected chi connectivity index (χ3v) is 11.9. The molecule has 1 N–H and O–H groups in total. The third kappa shape index (κ3) is 5.36. The molecule has 0 aliphatic heterocycles. The first-order valence-corrected chi connectivity index (χ1v) is 16.8. The first-order valence-electron chi connectivity index (χ1n) is 10.3. The average molecular weight is 437 g/mol. The van der Waals surface area contributed by atoms with Gasteiger partial charge in [-0.25, -0.2) is 0 Å². The van der Waals surface area contributed by atoms with Gasteiger partial charge >= 0.3 is 5.97 Å². The fraction of sp³-hybridized carbons (Fsp3) is 0.783. The molecule has 0 heterocycles. The molecule has 164 valence electrons. The van der Waals surface area contributed by atoms with Crippen LogP contribution in [0.4, 0.5) is 0 Å². The van der Waals surface area contributed by atoms with E-state index in [-0.39, 0.29) is 5.04 Å². The molecule has 0 spiro atoms. The van der Waals surface area contributed by atoms with Crippen LogP contribution in [0.1, 0.15) is 54.4 Å². The molecule has 3 atom stereocenters. The van der Waals surface area contributed by atoms with E-state index >= 15 is 0 Å². The lowest BCUT2D eigenvalue weighted by atomic mass is 9.71. The van der Waals surface area contributed by atoms with E-state index < -0.39 is 45.1 Å². The maximum Gasteiger partial charge on any atom is 0.304 e. The van der Waals surface area contributed by atoms with Crippen LogP contribution in [0.2, 0.25) is 37.8 Å². The summed E-state index contributed by atoms with van der Waals surface area (Å²) in [7, 11) is -3.93. The van der Waals surface area contributed by atoms with Gasteiger partial charge in [0.25, 0.3) is 0 Å². The van der Waals surface area contributed by atoms with Gasteiger partial charge < -0.3 is 14.3 Å². The predicted molar refractivity (Wildman–Crippen MR) is 124 cm³/mol. The molecule has 29 heavy (non-hydrogen) atoms. The van der Waals surface area contributed by atoms with Gasteiger partial charge in [0.1, 0.15) is 19.8 Å². The SMILES string of the molecule is C#CC(C)(OC(C)=O)C1(C(C)(O)C(C#C[Si](C)(C)C)O[Si](C)(C)C(C)(C)C)CC1. The first-order chi connectivity index (χ1) is 12.7. The molecule has 3 unspecified atom stereocenters. The van der Waals surface area contributed by atoms with Gasteiger partial charge in [-0.3, -0.25) is 4.79 Å². The second kappa shape index (κ2) is 7.89. The highest BCUT2D eigenvalue weighted by Gasteiger charge is 2.70. The van der Waals surface area contributed by atoms with Gasteiger partial charge in [0.05, 0.1) is 5.41 Å². The molecule has 6 heteroatoms. The highest BCUT2D eigenvalue weighted by molar-refractivity contribution is 6.83. The fourth-order valence-electron chi connectivity index (χ4n) is 3.43. The van der Waals surface area contributed by atoms with Gasteiger partial charge in [-0.1, -0.05) is 52.3 Å². The molecular weight excluding hydrogens is 396 g/mol. The van der Waals surface area contributed by atoms with E-state index in [1.165, 1.54) is 6.92 Å². The monoisotopic (exact) mass is 436 g/mol. The topological polar surface area (TPSA) is 55.8 Å². The van der Waals surface area contributed by atoms with Crippen molar-refractivity contribution in [2.45, 2.75) is 109 Å². The van der Waals surface area contributed by atoms with Crippen molar-refractivity contribution in [1.82, 2.24) is 0 Å². The number of hydrogen-bond acceptors (Lipinski definition) is 4. The van der Waals surface area contributed by atoms with Crippen molar-refractivity contribution in [1.29, 1.82) is 0 Å². The van der Waals surface area contributed by atoms with E-state index in [2.05, 4.69) is 70.9 Å². The van der Waals surface area contributed by atoms with Gasteiger partial charge in [0.2, 0.25) is 0 Å².